The van der Waals surface area contributed by atoms with Crippen LogP contribution in [0.4, 0.5) is 8.78 Å². The highest BCUT2D eigenvalue weighted by atomic mass is 19.1. The Labute approximate surface area is 63.1 Å². The molecule has 0 saturated heterocycles. The zero-order valence-electron chi connectivity index (χ0n) is 6.01. The van der Waals surface area contributed by atoms with Crippen LogP contribution in [0.25, 0.3) is 0 Å². The van der Waals surface area contributed by atoms with Crippen LogP contribution in [-0.4, -0.2) is 4.98 Å². The van der Waals surface area contributed by atoms with E-state index in [9.17, 15) is 8.78 Å². The van der Waals surface area contributed by atoms with E-state index in [1.807, 2.05) is 0 Å². The number of halogens is 2. The quantitative estimate of drug-likeness (QED) is 0.670. The lowest BCUT2D eigenvalue weighted by Gasteiger charge is -2.04. The van der Waals surface area contributed by atoms with Gasteiger partial charge in [0.05, 0.1) is 11.9 Å². The summed E-state index contributed by atoms with van der Waals surface area (Å²) in [4.78, 5) is 3.50. The van der Waals surface area contributed by atoms with E-state index < -0.39 is 17.7 Å². The minimum atomic E-state index is -0.694. The van der Waals surface area contributed by atoms with Gasteiger partial charge in [0.15, 0.2) is 0 Å². The summed E-state index contributed by atoms with van der Waals surface area (Å²) in [5.41, 5.74) is 5.43. The highest BCUT2D eigenvalue weighted by molar-refractivity contribution is 5.11. The zero-order valence-corrected chi connectivity index (χ0v) is 6.01. The Morgan fingerprint density at radius 1 is 1.55 bits per heavy atom. The topological polar surface area (TPSA) is 38.9 Å². The van der Waals surface area contributed by atoms with Crippen LogP contribution < -0.4 is 5.73 Å². The summed E-state index contributed by atoms with van der Waals surface area (Å²) in [7, 11) is 0. The summed E-state index contributed by atoms with van der Waals surface area (Å²) in [6.07, 6.45) is 0.946. The third kappa shape index (κ3) is 1.71. The molecule has 4 heteroatoms. The first-order chi connectivity index (χ1) is 5.11. The molecule has 0 fully saturated rings. The van der Waals surface area contributed by atoms with E-state index in [4.69, 9.17) is 5.73 Å². The summed E-state index contributed by atoms with van der Waals surface area (Å²) in [6.45, 7) is 1.59. The van der Waals surface area contributed by atoms with Crippen molar-refractivity contribution < 1.29 is 8.78 Å². The molecular formula is C7H8F2N2. The van der Waals surface area contributed by atoms with Crippen molar-refractivity contribution in [3.05, 3.63) is 29.6 Å². The molecule has 0 amide bonds. The predicted octanol–water partition coefficient (Wildman–Crippen LogP) is 1.38. The first-order valence-electron chi connectivity index (χ1n) is 3.18. The second-order valence-corrected chi connectivity index (χ2v) is 2.31. The molecule has 1 aromatic heterocycles. The number of rotatable bonds is 1. The summed E-state index contributed by atoms with van der Waals surface area (Å²) in [6, 6.07) is 0.265. The number of aromatic nitrogens is 1. The monoisotopic (exact) mass is 158 g/mol. The molecule has 1 unspecified atom stereocenters. The van der Waals surface area contributed by atoms with Crippen molar-refractivity contribution in [2.75, 3.05) is 0 Å². The van der Waals surface area contributed by atoms with E-state index in [0.29, 0.717) is 0 Å². The largest absolute Gasteiger partial charge is 0.323 e. The van der Waals surface area contributed by atoms with Gasteiger partial charge in [0.2, 0.25) is 0 Å². The molecule has 0 spiro atoms. The maximum absolute atomic E-state index is 12.7. The van der Waals surface area contributed by atoms with Gasteiger partial charge < -0.3 is 5.73 Å². The first kappa shape index (κ1) is 8.07. The van der Waals surface area contributed by atoms with Crippen LogP contribution in [0.3, 0.4) is 0 Å². The van der Waals surface area contributed by atoms with Crippen molar-refractivity contribution in [3.63, 3.8) is 0 Å². The average molecular weight is 158 g/mol. The van der Waals surface area contributed by atoms with E-state index in [2.05, 4.69) is 4.98 Å². The first-order valence-corrected chi connectivity index (χ1v) is 3.18. The van der Waals surface area contributed by atoms with E-state index in [0.717, 1.165) is 12.3 Å². The van der Waals surface area contributed by atoms with Gasteiger partial charge in [-0.25, -0.2) is 8.78 Å². The van der Waals surface area contributed by atoms with E-state index in [1.165, 1.54) is 0 Å². The molecule has 0 aliphatic carbocycles. The highest BCUT2D eigenvalue weighted by Gasteiger charge is 2.08. The average Bonchev–Trinajstić information content (AvgIpc) is 1.85. The summed E-state index contributed by atoms with van der Waals surface area (Å²) >= 11 is 0. The van der Waals surface area contributed by atoms with E-state index in [1.54, 1.807) is 6.92 Å². The Kier molecular flexibility index (Phi) is 2.14. The lowest BCUT2D eigenvalue weighted by molar-refractivity contribution is 0.545. The van der Waals surface area contributed by atoms with Gasteiger partial charge in [-0.15, -0.1) is 0 Å². The summed E-state index contributed by atoms with van der Waals surface area (Å²) in [5, 5.41) is 0. The van der Waals surface area contributed by atoms with Gasteiger partial charge in [-0.1, -0.05) is 0 Å². The van der Waals surface area contributed by atoms with Crippen molar-refractivity contribution in [2.24, 2.45) is 5.73 Å². The van der Waals surface area contributed by atoms with Gasteiger partial charge in [0.25, 0.3) is 0 Å². The fraction of sp³-hybridized carbons (Fsp3) is 0.286. The molecule has 0 aliphatic heterocycles. The molecule has 0 radical (unpaired) electrons. The Morgan fingerprint density at radius 3 is 2.64 bits per heavy atom. The molecule has 1 aromatic rings. The van der Waals surface area contributed by atoms with Crippen molar-refractivity contribution >= 4 is 0 Å². The van der Waals surface area contributed by atoms with Crippen molar-refractivity contribution in [1.29, 1.82) is 0 Å². The predicted molar refractivity (Wildman–Crippen MR) is 36.8 cm³/mol. The Balaban J connectivity index is 3.09. The lowest BCUT2D eigenvalue weighted by Crippen LogP contribution is -2.09. The minimum absolute atomic E-state index is 0.0893. The SMILES string of the molecule is CC(N)c1ncc(F)cc1F. The smallest absolute Gasteiger partial charge is 0.149 e. The molecule has 0 saturated carbocycles. The maximum Gasteiger partial charge on any atom is 0.149 e. The highest BCUT2D eigenvalue weighted by Crippen LogP contribution is 2.11. The van der Waals surface area contributed by atoms with Gasteiger partial charge in [-0.2, -0.15) is 0 Å². The molecule has 1 atom stereocenters. The van der Waals surface area contributed by atoms with Gasteiger partial charge in [-0.3, -0.25) is 4.98 Å². The zero-order chi connectivity index (χ0) is 8.43. The van der Waals surface area contributed by atoms with Gasteiger partial charge in [0.1, 0.15) is 11.6 Å². The van der Waals surface area contributed by atoms with Gasteiger partial charge in [0, 0.05) is 12.1 Å². The molecule has 60 valence electrons. The second-order valence-electron chi connectivity index (χ2n) is 2.31. The fourth-order valence-corrected chi connectivity index (χ4v) is 0.760. The number of hydrogen-bond donors (Lipinski definition) is 1. The second kappa shape index (κ2) is 2.92. The third-order valence-electron chi connectivity index (χ3n) is 1.27. The van der Waals surface area contributed by atoms with Crippen LogP contribution in [0.2, 0.25) is 0 Å². The van der Waals surface area contributed by atoms with E-state index >= 15 is 0 Å². The van der Waals surface area contributed by atoms with Crippen LogP contribution in [-0.2, 0) is 0 Å². The van der Waals surface area contributed by atoms with Crippen molar-refractivity contribution in [3.8, 4) is 0 Å². The molecule has 2 N–H and O–H groups in total. The molecule has 0 aliphatic rings. The number of nitrogens with two attached hydrogens (primary N) is 1. The molecular weight excluding hydrogens is 150 g/mol. The van der Waals surface area contributed by atoms with E-state index in [-0.39, 0.29) is 5.69 Å². The Bertz CT molecular complexity index is 261. The molecule has 2 nitrogen and oxygen atoms in total. The minimum Gasteiger partial charge on any atom is -0.323 e. The van der Waals surface area contributed by atoms with Crippen LogP contribution in [0.1, 0.15) is 18.7 Å². The number of pyridine rings is 1. The van der Waals surface area contributed by atoms with Crippen molar-refractivity contribution in [1.82, 2.24) is 4.98 Å². The Morgan fingerprint density at radius 2 is 2.18 bits per heavy atom. The molecule has 0 bridgehead atoms. The molecule has 11 heavy (non-hydrogen) atoms. The van der Waals surface area contributed by atoms with Crippen LogP contribution in [0.15, 0.2) is 12.3 Å². The number of hydrogen-bond acceptors (Lipinski definition) is 2. The molecule has 0 aromatic carbocycles. The molecule has 1 heterocycles. The van der Waals surface area contributed by atoms with Crippen LogP contribution in [0, 0.1) is 11.6 Å². The van der Waals surface area contributed by atoms with Gasteiger partial charge >= 0.3 is 0 Å². The van der Waals surface area contributed by atoms with Crippen LogP contribution in [0.5, 0.6) is 0 Å². The normalized spacial score (nSPS) is 13.1. The Hall–Kier alpha value is -1.03. The number of nitrogens with zero attached hydrogens (tertiary/aromatic N) is 1. The lowest BCUT2D eigenvalue weighted by atomic mass is 10.2. The maximum atomic E-state index is 12.7. The standard InChI is InChI=1S/C7H8F2N2/c1-4(10)7-6(9)2-5(8)3-11-7/h2-4H,10H2,1H3. The molecule has 1 rings (SSSR count). The fourth-order valence-electron chi connectivity index (χ4n) is 0.760. The summed E-state index contributed by atoms with van der Waals surface area (Å²) < 4.78 is 25.0. The summed E-state index contributed by atoms with van der Waals surface area (Å²) in [5.74, 6) is -1.38. The van der Waals surface area contributed by atoms with Gasteiger partial charge in [-0.05, 0) is 6.92 Å². The van der Waals surface area contributed by atoms with Crippen molar-refractivity contribution in [2.45, 2.75) is 13.0 Å². The van der Waals surface area contributed by atoms with Crippen LogP contribution >= 0.6 is 0 Å². The third-order valence-corrected chi connectivity index (χ3v) is 1.27.